The third-order valence-corrected chi connectivity index (χ3v) is 6.43. The number of hydrogen-bond acceptors (Lipinski definition) is 4. The summed E-state index contributed by atoms with van der Waals surface area (Å²) in [5, 5.41) is 0. The maximum atomic E-state index is 11.9. The van der Waals surface area contributed by atoms with E-state index in [-0.39, 0.29) is 13.0 Å². The summed E-state index contributed by atoms with van der Waals surface area (Å²) in [6.45, 7) is 1.06. The first-order valence-corrected chi connectivity index (χ1v) is 6.58. The Morgan fingerprint density at radius 2 is 1.83 bits per heavy atom. The number of ketones is 2. The fourth-order valence-electron chi connectivity index (χ4n) is 2.45. The quantitative estimate of drug-likeness (QED) is 0.439. The molecule has 3 atom stereocenters. The highest BCUT2D eigenvalue weighted by molar-refractivity contribution is 6.76. The molecule has 0 aromatic rings. The standard InChI is InChI=1S/C10H8Cl4O4/c1-4(15)18-3-5-2-8(11)6(16)7(17)9(5,12)10(8,13)14/h5H,2-3H2,1H3/t5-,8-,9+/m1/s1. The lowest BCUT2D eigenvalue weighted by Gasteiger charge is -2.29. The maximum Gasteiger partial charge on any atom is 0.302 e. The summed E-state index contributed by atoms with van der Waals surface area (Å²) in [4.78, 5) is 30.8. The van der Waals surface area contributed by atoms with Crippen LogP contribution >= 0.6 is 46.4 Å². The van der Waals surface area contributed by atoms with Gasteiger partial charge in [-0.25, -0.2) is 0 Å². The average molecular weight is 334 g/mol. The van der Waals surface area contributed by atoms with Gasteiger partial charge in [0.25, 0.3) is 0 Å². The van der Waals surface area contributed by atoms with E-state index in [1.807, 2.05) is 0 Å². The fourth-order valence-corrected chi connectivity index (χ4v) is 4.12. The van der Waals surface area contributed by atoms with Gasteiger partial charge < -0.3 is 4.74 Å². The minimum Gasteiger partial charge on any atom is -0.465 e. The number of esters is 1. The first-order valence-electron chi connectivity index (χ1n) is 5.07. The van der Waals surface area contributed by atoms with Crippen LogP contribution in [0.5, 0.6) is 0 Å². The number of carbonyl (C=O) groups excluding carboxylic acids is 3. The van der Waals surface area contributed by atoms with Crippen LogP contribution in [0, 0.1) is 5.92 Å². The molecule has 0 radical (unpaired) electrons. The predicted molar refractivity (Wildman–Crippen MR) is 66.4 cm³/mol. The SMILES string of the molecule is CC(=O)OC[C@H]1C[C@@]2(Cl)C(=O)C(=O)[C@]1(Cl)C2(Cl)Cl. The van der Waals surface area contributed by atoms with Gasteiger partial charge in [0, 0.05) is 12.8 Å². The minimum atomic E-state index is -1.91. The summed E-state index contributed by atoms with van der Waals surface area (Å²) in [5.41, 5.74) is 0. The number of Topliss-reactive ketones (excluding diaryl/α,β-unsaturated/α-hetero) is 2. The Balaban J connectivity index is 2.39. The van der Waals surface area contributed by atoms with E-state index in [4.69, 9.17) is 51.1 Å². The van der Waals surface area contributed by atoms with Crippen LogP contribution in [0.25, 0.3) is 0 Å². The van der Waals surface area contributed by atoms with Gasteiger partial charge in [-0.05, 0) is 6.42 Å². The highest BCUT2D eigenvalue weighted by Gasteiger charge is 2.83. The number of carbonyl (C=O) groups is 3. The van der Waals surface area contributed by atoms with E-state index in [0.29, 0.717) is 0 Å². The monoisotopic (exact) mass is 332 g/mol. The normalized spacial score (nSPS) is 41.3. The zero-order chi connectivity index (χ0) is 13.9. The van der Waals surface area contributed by atoms with Gasteiger partial charge >= 0.3 is 5.97 Å². The van der Waals surface area contributed by atoms with Gasteiger partial charge in [-0.1, -0.05) is 23.2 Å². The van der Waals surface area contributed by atoms with Crippen molar-refractivity contribution >= 4 is 63.9 Å². The molecule has 4 nitrogen and oxygen atoms in total. The second-order valence-corrected chi connectivity index (χ2v) is 7.02. The molecule has 0 saturated heterocycles. The number of halogens is 4. The van der Waals surface area contributed by atoms with Crippen molar-refractivity contribution in [3.05, 3.63) is 0 Å². The van der Waals surface area contributed by atoms with Gasteiger partial charge in [0.2, 0.25) is 11.6 Å². The summed E-state index contributed by atoms with van der Waals surface area (Å²) in [6, 6.07) is 0. The second-order valence-electron chi connectivity index (χ2n) is 4.45. The number of alkyl halides is 4. The van der Waals surface area contributed by atoms with Crippen LogP contribution in [0.3, 0.4) is 0 Å². The number of rotatable bonds is 2. The molecule has 0 amide bonds. The number of fused-ring (bicyclic) bond motifs is 2. The third-order valence-electron chi connectivity index (χ3n) is 3.43. The van der Waals surface area contributed by atoms with Crippen LogP contribution in [0.2, 0.25) is 0 Å². The lowest BCUT2D eigenvalue weighted by Crippen LogP contribution is -2.47. The fraction of sp³-hybridized carbons (Fsp3) is 0.700. The molecule has 0 spiro atoms. The molecular weight excluding hydrogens is 326 g/mol. The van der Waals surface area contributed by atoms with Crippen LogP contribution in [0.15, 0.2) is 0 Å². The van der Waals surface area contributed by atoms with Gasteiger partial charge in [0.05, 0.1) is 6.61 Å². The Bertz CT molecular complexity index is 463. The van der Waals surface area contributed by atoms with Crippen molar-refractivity contribution in [1.82, 2.24) is 0 Å². The average Bonchev–Trinajstić information content (AvgIpc) is 2.48. The van der Waals surface area contributed by atoms with Gasteiger partial charge in [-0.2, -0.15) is 0 Å². The first-order chi connectivity index (χ1) is 8.09. The van der Waals surface area contributed by atoms with E-state index in [1.54, 1.807) is 0 Å². The molecule has 0 aromatic heterocycles. The predicted octanol–water partition coefficient (Wildman–Crippen LogP) is 1.85. The summed E-state index contributed by atoms with van der Waals surface area (Å²) in [5.74, 6) is -3.04. The highest BCUT2D eigenvalue weighted by Crippen LogP contribution is 2.67. The van der Waals surface area contributed by atoms with E-state index in [0.717, 1.165) is 0 Å². The summed E-state index contributed by atoms with van der Waals surface area (Å²) in [6.07, 6.45) is -0.0110. The van der Waals surface area contributed by atoms with Crippen LogP contribution in [-0.4, -0.2) is 38.2 Å². The molecule has 2 rings (SSSR count). The van der Waals surface area contributed by atoms with Gasteiger partial charge in [-0.15, -0.1) is 23.2 Å². The minimum absolute atomic E-state index is 0.0110. The smallest absolute Gasteiger partial charge is 0.302 e. The summed E-state index contributed by atoms with van der Waals surface area (Å²) >= 11 is 24.3. The van der Waals surface area contributed by atoms with E-state index >= 15 is 0 Å². The van der Waals surface area contributed by atoms with E-state index in [1.165, 1.54) is 6.92 Å². The molecule has 0 heterocycles. The van der Waals surface area contributed by atoms with E-state index < -0.39 is 37.5 Å². The van der Waals surface area contributed by atoms with E-state index in [9.17, 15) is 14.4 Å². The first kappa shape index (κ1) is 14.4. The molecule has 2 fully saturated rings. The zero-order valence-electron chi connectivity index (χ0n) is 9.14. The van der Waals surface area contributed by atoms with Crippen molar-refractivity contribution in [2.24, 2.45) is 5.92 Å². The molecule has 100 valence electrons. The van der Waals surface area contributed by atoms with Crippen molar-refractivity contribution < 1.29 is 19.1 Å². The van der Waals surface area contributed by atoms with Crippen LogP contribution in [0.1, 0.15) is 13.3 Å². The van der Waals surface area contributed by atoms with Gasteiger partial charge in [-0.3, -0.25) is 14.4 Å². The Kier molecular flexibility index (Phi) is 3.18. The molecule has 2 bridgehead atoms. The molecule has 18 heavy (non-hydrogen) atoms. The molecule has 2 aliphatic rings. The second kappa shape index (κ2) is 3.98. The molecule has 0 aromatic carbocycles. The largest absolute Gasteiger partial charge is 0.465 e. The van der Waals surface area contributed by atoms with E-state index in [2.05, 4.69) is 0 Å². The lowest BCUT2D eigenvalue weighted by atomic mass is 9.86. The number of hydrogen-bond donors (Lipinski definition) is 0. The van der Waals surface area contributed by atoms with Crippen LogP contribution in [0.4, 0.5) is 0 Å². The summed E-state index contributed by atoms with van der Waals surface area (Å²) in [7, 11) is 0. The Morgan fingerprint density at radius 1 is 1.28 bits per heavy atom. The van der Waals surface area contributed by atoms with Gasteiger partial charge in [0.15, 0.2) is 9.21 Å². The molecule has 8 heteroatoms. The lowest BCUT2D eigenvalue weighted by molar-refractivity contribution is -0.145. The van der Waals surface area contributed by atoms with Crippen molar-refractivity contribution in [2.45, 2.75) is 27.4 Å². The third kappa shape index (κ3) is 1.43. The van der Waals surface area contributed by atoms with Crippen molar-refractivity contribution in [3.8, 4) is 0 Å². The maximum absolute atomic E-state index is 11.9. The molecule has 0 N–H and O–H groups in total. The Labute approximate surface area is 123 Å². The Morgan fingerprint density at radius 3 is 2.22 bits per heavy atom. The van der Waals surface area contributed by atoms with Crippen molar-refractivity contribution in [3.63, 3.8) is 0 Å². The molecule has 2 saturated carbocycles. The molecular formula is C10H8Cl4O4. The zero-order valence-corrected chi connectivity index (χ0v) is 12.2. The number of ether oxygens (including phenoxy) is 1. The molecule has 2 aliphatic carbocycles. The van der Waals surface area contributed by atoms with Crippen molar-refractivity contribution in [1.29, 1.82) is 0 Å². The van der Waals surface area contributed by atoms with Gasteiger partial charge in [0.1, 0.15) is 4.87 Å². The summed E-state index contributed by atoms with van der Waals surface area (Å²) < 4.78 is 2.89. The van der Waals surface area contributed by atoms with Crippen LogP contribution in [-0.2, 0) is 19.1 Å². The molecule has 0 unspecified atom stereocenters. The topological polar surface area (TPSA) is 60.4 Å². The Hall–Kier alpha value is -0.0300. The van der Waals surface area contributed by atoms with Crippen LogP contribution < -0.4 is 0 Å². The molecule has 0 aliphatic heterocycles. The van der Waals surface area contributed by atoms with Crippen molar-refractivity contribution in [2.75, 3.05) is 6.61 Å². The highest BCUT2D eigenvalue weighted by atomic mass is 35.5.